The minimum atomic E-state index is -0.605. The highest BCUT2D eigenvalue weighted by atomic mass is 16.5. The smallest absolute Gasteiger partial charge is 0.331 e. The lowest BCUT2D eigenvalue weighted by molar-refractivity contribution is -0.941. The zero-order chi connectivity index (χ0) is 50.2. The molecule has 4 aromatic rings. The van der Waals surface area contributed by atoms with Gasteiger partial charge in [0.25, 0.3) is 0 Å². The highest BCUT2D eigenvalue weighted by Crippen LogP contribution is 2.51. The molecule has 374 valence electrons. The predicted molar refractivity (Wildman–Crippen MR) is 265 cm³/mol. The van der Waals surface area contributed by atoms with E-state index >= 15 is 0 Å². The summed E-state index contributed by atoms with van der Waals surface area (Å²) in [7, 11) is 17.7. The van der Waals surface area contributed by atoms with Crippen LogP contribution in [0.15, 0.2) is 48.6 Å². The van der Waals surface area contributed by atoms with Crippen molar-refractivity contribution in [2.75, 3.05) is 110 Å². The van der Waals surface area contributed by atoms with Crippen LogP contribution in [0, 0.1) is 27.7 Å². The van der Waals surface area contributed by atoms with Gasteiger partial charge in [-0.15, -0.1) is 0 Å². The van der Waals surface area contributed by atoms with Crippen molar-refractivity contribution in [1.29, 1.82) is 0 Å². The van der Waals surface area contributed by atoms with Crippen LogP contribution < -0.4 is 37.9 Å². The summed E-state index contributed by atoms with van der Waals surface area (Å²) in [5.41, 5.74) is 11.1. The third-order valence-electron chi connectivity index (χ3n) is 14.5. The van der Waals surface area contributed by atoms with Gasteiger partial charge in [-0.2, -0.15) is 0 Å². The number of nitrogens with zero attached hydrogens (tertiary/aromatic N) is 2. The zero-order valence-corrected chi connectivity index (χ0v) is 43.3. The minimum absolute atomic E-state index is 0.0565. The molecule has 0 fully saturated rings. The largest absolute Gasteiger partial charge is 0.496 e. The second-order valence-corrected chi connectivity index (χ2v) is 18.7. The van der Waals surface area contributed by atoms with Crippen LogP contribution in [0.5, 0.6) is 46.0 Å². The Morgan fingerprint density at radius 2 is 1.03 bits per heavy atom. The lowest BCUT2D eigenvalue weighted by Gasteiger charge is -2.46. The Kier molecular flexibility index (Phi) is 17.1. The SMILES string of the molecule is COc1cc(CC2c3c(cc(OC)c(OC)c3OC)CC[N+]2(C)CCCOC(=O)/C=C/C(=O)OCCC[N+]2(C)CCc3cc(C)c(C)c(OC)c3C2c2cc(C)c(OC)c(OC)c2)cc(C)c1OC. The average Bonchev–Trinajstić information content (AvgIpc) is 3.34. The van der Waals surface area contributed by atoms with E-state index in [1.807, 2.05) is 19.9 Å². The molecule has 0 saturated carbocycles. The van der Waals surface area contributed by atoms with E-state index in [9.17, 15) is 9.59 Å². The number of esters is 2. The molecule has 4 atom stereocenters. The van der Waals surface area contributed by atoms with Gasteiger partial charge in [-0.1, -0.05) is 12.1 Å². The van der Waals surface area contributed by atoms with Gasteiger partial charge in [0.05, 0.1) is 121 Å². The molecule has 2 aliphatic rings. The fourth-order valence-corrected chi connectivity index (χ4v) is 10.9. The number of carbonyl (C=O) groups excluding carboxylic acids is 2. The van der Waals surface area contributed by atoms with Crippen LogP contribution in [0.3, 0.4) is 0 Å². The van der Waals surface area contributed by atoms with Crippen molar-refractivity contribution in [1.82, 2.24) is 0 Å². The zero-order valence-electron chi connectivity index (χ0n) is 43.3. The number of hydrogen-bond donors (Lipinski definition) is 0. The summed E-state index contributed by atoms with van der Waals surface area (Å²) in [6.45, 7) is 11.8. The second-order valence-electron chi connectivity index (χ2n) is 18.7. The van der Waals surface area contributed by atoms with Crippen LogP contribution in [0.1, 0.15) is 80.6 Å². The number of fused-ring (bicyclic) bond motifs is 2. The molecule has 0 aliphatic carbocycles. The summed E-state index contributed by atoms with van der Waals surface area (Å²) in [6, 6.07) is 12.6. The standard InChI is InChI=1S/C55H74N2O12/c1-34-28-39-20-24-57(6,50(49(39)53(65-12)37(34)4)41-29-36(3)52(64-11)44(33-41)61-8)22-16-26-69-47(59)18-17-46(58)68-25-15-21-56(5)23-19-40-32-45(62-9)54(66-13)55(67-14)48(40)42(56)30-38-27-35(2)51(63-10)43(31-38)60-7/h17-18,27-29,31-33,42,50H,15-16,19-26,30H2,1-14H3/q+2/b18-17+. The fourth-order valence-electron chi connectivity index (χ4n) is 10.9. The first-order valence-corrected chi connectivity index (χ1v) is 23.7. The van der Waals surface area contributed by atoms with E-state index in [2.05, 4.69) is 58.3 Å². The Hall–Kier alpha value is -6.12. The van der Waals surface area contributed by atoms with Gasteiger partial charge in [0.2, 0.25) is 5.75 Å². The summed E-state index contributed by atoms with van der Waals surface area (Å²) in [5.74, 6) is 4.26. The maximum atomic E-state index is 12.9. The molecule has 14 heteroatoms. The number of hydrogen-bond acceptors (Lipinski definition) is 12. The topological polar surface area (TPSA) is 126 Å². The predicted octanol–water partition coefficient (Wildman–Crippen LogP) is 8.49. The molecule has 2 aliphatic heterocycles. The third kappa shape index (κ3) is 10.9. The summed E-state index contributed by atoms with van der Waals surface area (Å²) in [4.78, 5) is 25.9. The molecule has 0 bridgehead atoms. The molecule has 6 rings (SSSR count). The summed E-state index contributed by atoms with van der Waals surface area (Å²) >= 11 is 0. The molecule has 0 spiro atoms. The molecular weight excluding hydrogens is 881 g/mol. The molecule has 0 radical (unpaired) electrons. The van der Waals surface area contributed by atoms with Crippen LogP contribution in [0.4, 0.5) is 0 Å². The maximum Gasteiger partial charge on any atom is 0.331 e. The molecule has 0 N–H and O–H groups in total. The van der Waals surface area contributed by atoms with E-state index in [-0.39, 0.29) is 25.3 Å². The van der Waals surface area contributed by atoms with Crippen molar-refractivity contribution < 1.29 is 65.9 Å². The monoisotopic (exact) mass is 955 g/mol. The number of benzene rings is 4. The van der Waals surface area contributed by atoms with Crippen LogP contribution in [0.2, 0.25) is 0 Å². The minimum Gasteiger partial charge on any atom is -0.496 e. The number of quaternary nitrogens is 2. The van der Waals surface area contributed by atoms with E-state index in [4.69, 9.17) is 47.4 Å². The van der Waals surface area contributed by atoms with Crippen molar-refractivity contribution in [2.24, 2.45) is 0 Å². The van der Waals surface area contributed by atoms with E-state index in [0.29, 0.717) is 75.0 Å². The highest BCUT2D eigenvalue weighted by Gasteiger charge is 2.45. The third-order valence-corrected chi connectivity index (χ3v) is 14.5. The Bertz CT molecular complexity index is 2540. The van der Waals surface area contributed by atoms with E-state index in [0.717, 1.165) is 89.3 Å². The molecule has 0 amide bonds. The summed E-state index contributed by atoms with van der Waals surface area (Å²) in [5, 5.41) is 0. The van der Waals surface area contributed by atoms with E-state index in [1.54, 1.807) is 56.9 Å². The van der Waals surface area contributed by atoms with Crippen LogP contribution in [-0.2, 0) is 38.3 Å². The van der Waals surface area contributed by atoms with Gasteiger partial charge in [-0.05, 0) is 90.9 Å². The molecule has 0 aromatic heterocycles. The molecular formula is C55H74N2O12+2. The van der Waals surface area contributed by atoms with Crippen LogP contribution in [-0.4, -0.2) is 131 Å². The molecule has 14 nitrogen and oxygen atoms in total. The quantitative estimate of drug-likeness (QED) is 0.0344. The molecule has 4 aromatic carbocycles. The van der Waals surface area contributed by atoms with Crippen molar-refractivity contribution in [3.05, 3.63) is 104 Å². The van der Waals surface area contributed by atoms with Crippen molar-refractivity contribution in [2.45, 2.75) is 71.9 Å². The maximum absolute atomic E-state index is 12.9. The lowest BCUT2D eigenvalue weighted by atomic mass is 9.82. The first-order valence-electron chi connectivity index (χ1n) is 23.7. The first kappa shape index (κ1) is 52.3. The number of aryl methyl sites for hydroxylation is 3. The fraction of sp³-hybridized carbons (Fsp3) is 0.491. The summed E-state index contributed by atoms with van der Waals surface area (Å²) < 4.78 is 59.3. The molecule has 4 unspecified atom stereocenters. The number of likely N-dealkylation sites (N-methyl/N-ethyl adjacent to an activating group) is 2. The lowest BCUT2D eigenvalue weighted by Crippen LogP contribution is -2.52. The number of carbonyl (C=O) groups is 2. The normalized spacial score (nSPS) is 19.5. The van der Waals surface area contributed by atoms with E-state index in [1.165, 1.54) is 16.7 Å². The van der Waals surface area contributed by atoms with Crippen LogP contribution in [0.25, 0.3) is 0 Å². The van der Waals surface area contributed by atoms with Crippen molar-refractivity contribution in [3.63, 3.8) is 0 Å². The number of ether oxygens (including phenoxy) is 10. The average molecular weight is 955 g/mol. The molecule has 69 heavy (non-hydrogen) atoms. The number of methoxy groups -OCH3 is 8. The summed E-state index contributed by atoms with van der Waals surface area (Å²) in [6.07, 6.45) is 5.81. The Balaban J connectivity index is 1.09. The van der Waals surface area contributed by atoms with Crippen molar-refractivity contribution in [3.8, 4) is 46.0 Å². The van der Waals surface area contributed by atoms with Gasteiger partial charge < -0.3 is 56.3 Å². The Morgan fingerprint density at radius 3 is 1.58 bits per heavy atom. The van der Waals surface area contributed by atoms with Gasteiger partial charge in [0, 0.05) is 49.8 Å². The van der Waals surface area contributed by atoms with E-state index < -0.39 is 11.9 Å². The second kappa shape index (κ2) is 22.5. The molecule has 2 heterocycles. The van der Waals surface area contributed by atoms with Gasteiger partial charge in [0.1, 0.15) is 17.8 Å². The first-order chi connectivity index (χ1) is 33.0. The van der Waals surface area contributed by atoms with Gasteiger partial charge in [-0.25, -0.2) is 9.59 Å². The van der Waals surface area contributed by atoms with Crippen molar-refractivity contribution >= 4 is 11.9 Å². The molecule has 0 saturated heterocycles. The number of rotatable bonds is 21. The Labute approximate surface area is 409 Å². The van der Waals surface area contributed by atoms with Gasteiger partial charge >= 0.3 is 11.9 Å². The van der Waals surface area contributed by atoms with Gasteiger partial charge in [0.15, 0.2) is 34.5 Å². The van der Waals surface area contributed by atoms with Crippen LogP contribution >= 0.6 is 0 Å². The van der Waals surface area contributed by atoms with Gasteiger partial charge in [-0.3, -0.25) is 0 Å². The Morgan fingerprint density at radius 1 is 0.536 bits per heavy atom. The highest BCUT2D eigenvalue weighted by molar-refractivity contribution is 5.91.